The van der Waals surface area contributed by atoms with E-state index >= 15 is 0 Å². The summed E-state index contributed by atoms with van der Waals surface area (Å²) in [6, 6.07) is 10.7. The van der Waals surface area contributed by atoms with E-state index in [-0.39, 0.29) is 24.8 Å². The zero-order chi connectivity index (χ0) is 16.8. The molecule has 1 aromatic carbocycles. The minimum Gasteiger partial charge on any atom is -0.336 e. The molecule has 0 radical (unpaired) electrons. The first-order valence-corrected chi connectivity index (χ1v) is 7.53. The van der Waals surface area contributed by atoms with E-state index < -0.39 is 0 Å². The third-order valence-electron chi connectivity index (χ3n) is 3.28. The fraction of sp³-hybridized carbons (Fsp3) is 0.235. The van der Waals surface area contributed by atoms with Gasteiger partial charge in [0.1, 0.15) is 5.82 Å². The van der Waals surface area contributed by atoms with Crippen molar-refractivity contribution in [3.63, 3.8) is 0 Å². The lowest BCUT2D eigenvalue weighted by atomic mass is 10.1. The summed E-state index contributed by atoms with van der Waals surface area (Å²) in [5.74, 6) is -0.00553. The molecule has 2 rings (SSSR count). The second-order valence-corrected chi connectivity index (χ2v) is 5.69. The third-order valence-corrected chi connectivity index (χ3v) is 3.65. The van der Waals surface area contributed by atoms with Gasteiger partial charge in [-0.25, -0.2) is 4.98 Å². The minimum absolute atomic E-state index is 0.0428. The molecule has 0 aliphatic carbocycles. The van der Waals surface area contributed by atoms with Gasteiger partial charge in [-0.05, 0) is 30.2 Å². The maximum absolute atomic E-state index is 12.2. The highest BCUT2D eigenvalue weighted by molar-refractivity contribution is 6.31. The Morgan fingerprint density at radius 2 is 1.96 bits per heavy atom. The molecule has 1 heterocycles. The summed E-state index contributed by atoms with van der Waals surface area (Å²) in [6.45, 7) is 1.87. The van der Waals surface area contributed by atoms with Crippen LogP contribution < -0.4 is 5.32 Å². The molecule has 0 atom stereocenters. The average Bonchev–Trinajstić information content (AvgIpc) is 2.51. The predicted molar refractivity (Wildman–Crippen MR) is 90.4 cm³/mol. The molecule has 120 valence electrons. The van der Waals surface area contributed by atoms with E-state index in [1.165, 1.54) is 4.90 Å². The number of rotatable bonds is 5. The number of pyridine rings is 1. The van der Waals surface area contributed by atoms with Crippen molar-refractivity contribution in [3.05, 3.63) is 58.7 Å². The van der Waals surface area contributed by atoms with Crippen molar-refractivity contribution in [3.8, 4) is 0 Å². The summed E-state index contributed by atoms with van der Waals surface area (Å²) < 4.78 is 0. The highest BCUT2D eigenvalue weighted by Gasteiger charge is 2.15. The molecule has 0 saturated heterocycles. The van der Waals surface area contributed by atoms with Gasteiger partial charge in [-0.15, -0.1) is 0 Å². The Morgan fingerprint density at radius 3 is 2.61 bits per heavy atom. The zero-order valence-corrected chi connectivity index (χ0v) is 13.8. The van der Waals surface area contributed by atoms with Gasteiger partial charge in [-0.1, -0.05) is 35.9 Å². The van der Waals surface area contributed by atoms with E-state index in [2.05, 4.69) is 10.3 Å². The van der Waals surface area contributed by atoms with Crippen molar-refractivity contribution >= 4 is 29.2 Å². The first-order valence-electron chi connectivity index (χ1n) is 7.15. The smallest absolute Gasteiger partial charge is 0.245 e. The van der Waals surface area contributed by atoms with Crippen LogP contribution in [0.1, 0.15) is 11.1 Å². The van der Waals surface area contributed by atoms with Gasteiger partial charge in [0.25, 0.3) is 0 Å². The highest BCUT2D eigenvalue weighted by atomic mass is 35.5. The molecule has 0 unspecified atom stereocenters. The first kappa shape index (κ1) is 17.0. The topological polar surface area (TPSA) is 62.3 Å². The normalized spacial score (nSPS) is 10.2. The summed E-state index contributed by atoms with van der Waals surface area (Å²) in [6.07, 6.45) is 1.83. The van der Waals surface area contributed by atoms with E-state index in [0.29, 0.717) is 10.8 Å². The summed E-state index contributed by atoms with van der Waals surface area (Å²) in [4.78, 5) is 29.6. The zero-order valence-electron chi connectivity index (χ0n) is 13.0. The predicted octanol–water partition coefficient (Wildman–Crippen LogP) is 2.68. The maximum Gasteiger partial charge on any atom is 0.245 e. The van der Waals surface area contributed by atoms with Crippen LogP contribution in [0.3, 0.4) is 0 Å². The number of carbonyl (C=O) groups excluding carboxylic acids is 2. The summed E-state index contributed by atoms with van der Waals surface area (Å²) in [5, 5.41) is 3.20. The number of aryl methyl sites for hydroxylation is 1. The second kappa shape index (κ2) is 7.74. The first-order chi connectivity index (χ1) is 11.0. The molecule has 0 bridgehead atoms. The van der Waals surface area contributed by atoms with E-state index in [1.54, 1.807) is 31.4 Å². The Morgan fingerprint density at radius 1 is 1.22 bits per heavy atom. The average molecular weight is 332 g/mol. The maximum atomic E-state index is 12.2. The molecular formula is C17H18ClN3O2. The lowest BCUT2D eigenvalue weighted by Gasteiger charge is -2.17. The lowest BCUT2D eigenvalue weighted by molar-refractivity contribution is -0.132. The quantitative estimate of drug-likeness (QED) is 0.916. The van der Waals surface area contributed by atoms with Gasteiger partial charge in [0.15, 0.2) is 0 Å². The van der Waals surface area contributed by atoms with Crippen molar-refractivity contribution < 1.29 is 9.59 Å². The van der Waals surface area contributed by atoms with Crippen molar-refractivity contribution in [2.45, 2.75) is 13.3 Å². The number of amides is 2. The van der Waals surface area contributed by atoms with E-state index in [0.717, 1.165) is 11.1 Å². The Hall–Kier alpha value is -2.40. The summed E-state index contributed by atoms with van der Waals surface area (Å²) in [5.41, 5.74) is 1.75. The number of aromatic nitrogens is 1. The Labute approximate surface area is 140 Å². The molecule has 0 fully saturated rings. The molecule has 1 aromatic heterocycles. The molecule has 23 heavy (non-hydrogen) atoms. The largest absolute Gasteiger partial charge is 0.336 e. The lowest BCUT2D eigenvalue weighted by Crippen LogP contribution is -2.36. The number of nitrogens with one attached hydrogen (secondary N) is 1. The van der Waals surface area contributed by atoms with Gasteiger partial charge < -0.3 is 10.2 Å². The number of carbonyl (C=O) groups is 2. The van der Waals surface area contributed by atoms with Gasteiger partial charge in [0.05, 0.1) is 13.0 Å². The van der Waals surface area contributed by atoms with Gasteiger partial charge >= 0.3 is 0 Å². The molecular weight excluding hydrogens is 314 g/mol. The molecule has 0 aliphatic rings. The number of halogens is 1. The number of likely N-dealkylation sites (N-methyl/N-ethyl adjacent to an activating group) is 1. The highest BCUT2D eigenvalue weighted by Crippen LogP contribution is 2.16. The Kier molecular flexibility index (Phi) is 5.71. The van der Waals surface area contributed by atoms with Crippen molar-refractivity contribution in [2.24, 2.45) is 0 Å². The fourth-order valence-electron chi connectivity index (χ4n) is 1.97. The Balaban J connectivity index is 1.89. The fourth-order valence-corrected chi connectivity index (χ4v) is 2.17. The van der Waals surface area contributed by atoms with Crippen LogP contribution >= 0.6 is 11.6 Å². The van der Waals surface area contributed by atoms with Gasteiger partial charge in [-0.2, -0.15) is 0 Å². The van der Waals surface area contributed by atoms with E-state index in [1.807, 2.05) is 25.1 Å². The van der Waals surface area contributed by atoms with E-state index in [9.17, 15) is 9.59 Å². The minimum atomic E-state index is -0.295. The summed E-state index contributed by atoms with van der Waals surface area (Å²) >= 11 is 6.04. The van der Waals surface area contributed by atoms with Crippen molar-refractivity contribution in [1.82, 2.24) is 9.88 Å². The molecule has 2 amide bonds. The summed E-state index contributed by atoms with van der Waals surface area (Å²) in [7, 11) is 1.58. The number of benzene rings is 1. The molecule has 1 N–H and O–H groups in total. The van der Waals surface area contributed by atoms with Crippen LogP contribution in [0.5, 0.6) is 0 Å². The molecule has 0 saturated carbocycles. The van der Waals surface area contributed by atoms with Crippen molar-refractivity contribution in [1.29, 1.82) is 0 Å². The molecule has 0 spiro atoms. The molecule has 2 aromatic rings. The van der Waals surface area contributed by atoms with Crippen LogP contribution in [0.25, 0.3) is 0 Å². The second-order valence-electron chi connectivity index (χ2n) is 5.29. The van der Waals surface area contributed by atoms with Crippen LogP contribution in [0.2, 0.25) is 5.02 Å². The van der Waals surface area contributed by atoms with Gasteiger partial charge in [0.2, 0.25) is 11.8 Å². The van der Waals surface area contributed by atoms with Crippen LogP contribution in [0.15, 0.2) is 42.6 Å². The number of anilines is 1. The third kappa shape index (κ3) is 5.07. The SMILES string of the molecule is Cc1ccc(NC(=O)CN(C)C(=O)Cc2ccccc2Cl)nc1. The molecule has 6 heteroatoms. The number of hydrogen-bond donors (Lipinski definition) is 1. The van der Waals surface area contributed by atoms with Crippen LogP contribution in [-0.4, -0.2) is 35.3 Å². The van der Waals surface area contributed by atoms with Crippen molar-refractivity contribution in [2.75, 3.05) is 18.9 Å². The van der Waals surface area contributed by atoms with E-state index in [4.69, 9.17) is 11.6 Å². The molecule has 5 nitrogen and oxygen atoms in total. The number of hydrogen-bond acceptors (Lipinski definition) is 3. The number of nitrogens with zero attached hydrogens (tertiary/aromatic N) is 2. The monoisotopic (exact) mass is 331 g/mol. The standard InChI is InChI=1S/C17H18ClN3O2/c1-12-7-8-15(19-10-12)20-16(22)11-21(2)17(23)9-13-5-3-4-6-14(13)18/h3-8,10H,9,11H2,1-2H3,(H,19,20,22). The van der Waals surface area contributed by atoms with Gasteiger partial charge in [0, 0.05) is 18.3 Å². The Bertz CT molecular complexity index is 701. The van der Waals surface area contributed by atoms with Crippen LogP contribution in [0.4, 0.5) is 5.82 Å². The van der Waals surface area contributed by atoms with Crippen LogP contribution in [0, 0.1) is 6.92 Å². The molecule has 0 aliphatic heterocycles. The van der Waals surface area contributed by atoms with Crippen LogP contribution in [-0.2, 0) is 16.0 Å². The van der Waals surface area contributed by atoms with Gasteiger partial charge in [-0.3, -0.25) is 9.59 Å².